The molecule has 0 N–H and O–H groups in total. The predicted octanol–water partition coefficient (Wildman–Crippen LogP) is 3.05. The minimum Gasteiger partial charge on any atom is -0.361 e. The van der Waals surface area contributed by atoms with Gasteiger partial charge in [0.15, 0.2) is 0 Å². The highest BCUT2D eigenvalue weighted by atomic mass is 32.2. The average molecular weight is 428 g/mol. The van der Waals surface area contributed by atoms with Gasteiger partial charge in [-0.3, -0.25) is 4.79 Å². The molecule has 3 rings (SSSR count). The Balaban J connectivity index is 1.49. The number of carbonyl (C=O) groups is 1. The summed E-state index contributed by atoms with van der Waals surface area (Å²) in [6.45, 7) is 0.271. The number of nitrogens with zero attached hydrogens (tertiary/aromatic N) is 3. The number of benzene rings is 2. The van der Waals surface area contributed by atoms with Gasteiger partial charge in [0.1, 0.15) is 11.5 Å². The molecule has 3 aromatic rings. The minimum atomic E-state index is -3.69. The second-order valence-electron chi connectivity index (χ2n) is 7.04. The number of rotatable bonds is 9. The average Bonchev–Trinajstić information content (AvgIpc) is 3.23. The Morgan fingerprint density at radius 3 is 2.30 bits per heavy atom. The maximum Gasteiger partial charge on any atom is 0.243 e. The number of sulfonamides is 1. The van der Waals surface area contributed by atoms with E-state index in [0.29, 0.717) is 19.4 Å². The van der Waals surface area contributed by atoms with E-state index in [1.54, 1.807) is 25.2 Å². The molecule has 0 radical (unpaired) electrons. The summed E-state index contributed by atoms with van der Waals surface area (Å²) in [6, 6.07) is 19.7. The molecular weight excluding hydrogens is 402 g/mol. The Kier molecular flexibility index (Phi) is 7.02. The first-order chi connectivity index (χ1) is 14.4. The van der Waals surface area contributed by atoms with E-state index in [2.05, 4.69) is 5.16 Å². The van der Waals surface area contributed by atoms with Crippen molar-refractivity contribution < 1.29 is 17.7 Å². The summed E-state index contributed by atoms with van der Waals surface area (Å²) in [7, 11) is -0.614. The van der Waals surface area contributed by atoms with Crippen molar-refractivity contribution >= 4 is 15.9 Å². The molecule has 2 aromatic carbocycles. The third-order valence-corrected chi connectivity index (χ3v) is 6.60. The Hall–Kier alpha value is -2.97. The SMILES string of the molecule is CN(CCCc1cc(-c2ccccc2)no1)C(=O)CN(C)S(=O)(=O)c1ccccc1. The van der Waals surface area contributed by atoms with Crippen LogP contribution in [0.15, 0.2) is 76.1 Å². The fraction of sp³-hybridized carbons (Fsp3) is 0.273. The molecule has 158 valence electrons. The van der Waals surface area contributed by atoms with Crippen LogP contribution in [0, 0.1) is 0 Å². The van der Waals surface area contributed by atoms with Gasteiger partial charge in [-0.2, -0.15) is 4.31 Å². The summed E-state index contributed by atoms with van der Waals surface area (Å²) in [5.74, 6) is 0.484. The van der Waals surface area contributed by atoms with E-state index >= 15 is 0 Å². The van der Waals surface area contributed by atoms with Crippen molar-refractivity contribution in [1.29, 1.82) is 0 Å². The summed E-state index contributed by atoms with van der Waals surface area (Å²) in [5, 5.41) is 4.09. The molecule has 7 nitrogen and oxygen atoms in total. The second kappa shape index (κ2) is 9.69. The first-order valence-electron chi connectivity index (χ1n) is 9.64. The van der Waals surface area contributed by atoms with Crippen LogP contribution in [0.25, 0.3) is 11.3 Å². The van der Waals surface area contributed by atoms with E-state index in [9.17, 15) is 13.2 Å². The predicted molar refractivity (Wildman–Crippen MR) is 114 cm³/mol. The van der Waals surface area contributed by atoms with Crippen molar-refractivity contribution in [2.75, 3.05) is 27.2 Å². The van der Waals surface area contributed by atoms with Crippen molar-refractivity contribution in [2.45, 2.75) is 17.7 Å². The van der Waals surface area contributed by atoms with Gasteiger partial charge in [-0.05, 0) is 18.6 Å². The lowest BCUT2D eigenvalue weighted by atomic mass is 10.1. The van der Waals surface area contributed by atoms with E-state index in [4.69, 9.17) is 4.52 Å². The van der Waals surface area contributed by atoms with Crippen LogP contribution in [0.3, 0.4) is 0 Å². The van der Waals surface area contributed by atoms with Crippen LogP contribution in [-0.2, 0) is 21.2 Å². The molecule has 1 aromatic heterocycles. The van der Waals surface area contributed by atoms with Crippen molar-refractivity contribution in [3.05, 3.63) is 72.5 Å². The maximum absolute atomic E-state index is 12.5. The first-order valence-corrected chi connectivity index (χ1v) is 11.1. The van der Waals surface area contributed by atoms with E-state index in [0.717, 1.165) is 21.3 Å². The molecule has 0 saturated carbocycles. The van der Waals surface area contributed by atoms with E-state index in [1.807, 2.05) is 36.4 Å². The highest BCUT2D eigenvalue weighted by Crippen LogP contribution is 2.19. The van der Waals surface area contributed by atoms with Crippen LogP contribution in [0.2, 0.25) is 0 Å². The van der Waals surface area contributed by atoms with Gasteiger partial charge in [0.05, 0.1) is 11.4 Å². The fourth-order valence-electron chi connectivity index (χ4n) is 2.96. The lowest BCUT2D eigenvalue weighted by Gasteiger charge is -2.21. The molecule has 0 aliphatic carbocycles. The Labute approximate surface area is 177 Å². The molecule has 0 atom stereocenters. The first kappa shape index (κ1) is 21.7. The molecule has 0 bridgehead atoms. The van der Waals surface area contributed by atoms with E-state index in [-0.39, 0.29) is 17.3 Å². The monoisotopic (exact) mass is 427 g/mol. The van der Waals surface area contributed by atoms with Gasteiger partial charge in [0.25, 0.3) is 0 Å². The van der Waals surface area contributed by atoms with Crippen molar-refractivity contribution in [3.8, 4) is 11.3 Å². The Bertz CT molecular complexity index is 1070. The number of aromatic nitrogens is 1. The highest BCUT2D eigenvalue weighted by molar-refractivity contribution is 7.89. The third kappa shape index (κ3) is 5.34. The lowest BCUT2D eigenvalue weighted by molar-refractivity contribution is -0.129. The van der Waals surface area contributed by atoms with Gasteiger partial charge in [0, 0.05) is 38.7 Å². The second-order valence-corrected chi connectivity index (χ2v) is 9.08. The smallest absolute Gasteiger partial charge is 0.243 e. The summed E-state index contributed by atoms with van der Waals surface area (Å²) in [6.07, 6.45) is 1.32. The number of amides is 1. The summed E-state index contributed by atoms with van der Waals surface area (Å²) in [4.78, 5) is 14.1. The van der Waals surface area contributed by atoms with Gasteiger partial charge in [-0.25, -0.2) is 8.42 Å². The van der Waals surface area contributed by atoms with Gasteiger partial charge in [-0.1, -0.05) is 53.7 Å². The quantitative estimate of drug-likeness (QED) is 0.524. The zero-order valence-corrected chi connectivity index (χ0v) is 17.9. The standard InChI is InChI=1S/C22H25N3O4S/c1-24(22(26)17-25(2)30(27,28)20-13-7-4-8-14-20)15-9-12-19-16-21(23-29-19)18-10-5-3-6-11-18/h3-8,10-11,13-14,16H,9,12,15,17H2,1-2H3. The molecule has 0 aliphatic rings. The molecule has 0 spiro atoms. The molecule has 0 saturated heterocycles. The normalized spacial score (nSPS) is 11.6. The van der Waals surface area contributed by atoms with Crippen LogP contribution < -0.4 is 0 Å². The lowest BCUT2D eigenvalue weighted by Crippen LogP contribution is -2.39. The Morgan fingerprint density at radius 2 is 1.63 bits per heavy atom. The van der Waals surface area contributed by atoms with Gasteiger partial charge >= 0.3 is 0 Å². The van der Waals surface area contributed by atoms with Crippen molar-refractivity contribution in [2.24, 2.45) is 0 Å². The zero-order chi connectivity index (χ0) is 21.6. The molecule has 0 unspecified atom stereocenters. The maximum atomic E-state index is 12.5. The van der Waals surface area contributed by atoms with E-state index < -0.39 is 10.0 Å². The summed E-state index contributed by atoms with van der Waals surface area (Å²) < 4.78 is 31.5. The van der Waals surface area contributed by atoms with Crippen LogP contribution >= 0.6 is 0 Å². The Morgan fingerprint density at radius 1 is 1.00 bits per heavy atom. The van der Waals surface area contributed by atoms with Gasteiger partial charge in [-0.15, -0.1) is 0 Å². The number of aryl methyl sites for hydroxylation is 1. The van der Waals surface area contributed by atoms with Gasteiger partial charge < -0.3 is 9.42 Å². The molecule has 8 heteroatoms. The summed E-state index contributed by atoms with van der Waals surface area (Å²) >= 11 is 0. The van der Waals surface area contributed by atoms with E-state index in [1.165, 1.54) is 24.1 Å². The molecule has 0 fully saturated rings. The van der Waals surface area contributed by atoms with Crippen molar-refractivity contribution in [1.82, 2.24) is 14.4 Å². The number of hydrogen-bond donors (Lipinski definition) is 0. The largest absolute Gasteiger partial charge is 0.361 e. The van der Waals surface area contributed by atoms with Crippen LogP contribution in [0.5, 0.6) is 0 Å². The van der Waals surface area contributed by atoms with Crippen LogP contribution in [-0.4, -0.2) is 55.9 Å². The topological polar surface area (TPSA) is 83.7 Å². The minimum absolute atomic E-state index is 0.169. The number of likely N-dealkylation sites (N-methyl/N-ethyl adjacent to an activating group) is 2. The number of carbonyl (C=O) groups excluding carboxylic acids is 1. The number of hydrogen-bond acceptors (Lipinski definition) is 5. The summed E-state index contributed by atoms with van der Waals surface area (Å²) in [5.41, 5.74) is 1.77. The van der Waals surface area contributed by atoms with Gasteiger partial charge in [0.2, 0.25) is 15.9 Å². The molecule has 1 heterocycles. The van der Waals surface area contributed by atoms with Crippen LogP contribution in [0.4, 0.5) is 0 Å². The highest BCUT2D eigenvalue weighted by Gasteiger charge is 2.23. The van der Waals surface area contributed by atoms with Crippen molar-refractivity contribution in [3.63, 3.8) is 0 Å². The van der Waals surface area contributed by atoms with Crippen LogP contribution in [0.1, 0.15) is 12.2 Å². The fourth-order valence-corrected chi connectivity index (χ4v) is 4.10. The zero-order valence-electron chi connectivity index (χ0n) is 17.1. The third-order valence-electron chi connectivity index (χ3n) is 4.78. The molecular formula is C22H25N3O4S. The molecule has 0 aliphatic heterocycles. The molecule has 30 heavy (non-hydrogen) atoms. The molecule has 1 amide bonds.